The molecule has 1 fully saturated rings. The Morgan fingerprint density at radius 1 is 1.15 bits per heavy atom. The molecule has 9 heteroatoms. The first-order chi connectivity index (χ1) is 16.4. The summed E-state index contributed by atoms with van der Waals surface area (Å²) in [5.74, 6) is -0.590. The summed E-state index contributed by atoms with van der Waals surface area (Å²) < 4.78 is 14.8. The fraction of sp³-hybridized carbons (Fsp3) is 0.200. The fourth-order valence-electron chi connectivity index (χ4n) is 4.06. The normalized spacial score (nSPS) is 15.7. The molecule has 5 rings (SSSR count). The Bertz CT molecular complexity index is 1380. The molecule has 4 aromatic rings. The summed E-state index contributed by atoms with van der Waals surface area (Å²) in [6, 6.07) is 15.5. The number of benzene rings is 2. The monoisotopic (exact) mass is 475 g/mol. The summed E-state index contributed by atoms with van der Waals surface area (Å²) in [5, 5.41) is 9.86. The van der Waals surface area contributed by atoms with Gasteiger partial charge in [0.05, 0.1) is 17.3 Å². The maximum atomic E-state index is 13.2. The number of aryl methyl sites for hydroxylation is 2. The van der Waals surface area contributed by atoms with E-state index in [0.29, 0.717) is 23.2 Å². The van der Waals surface area contributed by atoms with Gasteiger partial charge in [-0.1, -0.05) is 18.2 Å². The van der Waals surface area contributed by atoms with Gasteiger partial charge in [-0.05, 0) is 49.7 Å². The predicted molar refractivity (Wildman–Crippen MR) is 130 cm³/mol. The van der Waals surface area contributed by atoms with Gasteiger partial charge in [-0.3, -0.25) is 9.59 Å². The van der Waals surface area contributed by atoms with E-state index in [-0.39, 0.29) is 24.1 Å². The second kappa shape index (κ2) is 8.83. The minimum atomic E-state index is -0.471. The largest absolute Gasteiger partial charge is 0.311 e. The van der Waals surface area contributed by atoms with Crippen LogP contribution in [0.1, 0.15) is 17.7 Å². The Morgan fingerprint density at radius 2 is 1.91 bits per heavy atom. The Hall–Kier alpha value is -3.85. The van der Waals surface area contributed by atoms with Gasteiger partial charge in [0.15, 0.2) is 0 Å². The number of aromatic nitrogens is 3. The molecule has 2 aromatic heterocycles. The first-order valence-corrected chi connectivity index (χ1v) is 11.7. The summed E-state index contributed by atoms with van der Waals surface area (Å²) in [5.41, 5.74) is 4.03. The van der Waals surface area contributed by atoms with E-state index in [4.69, 9.17) is 0 Å². The highest BCUT2D eigenvalue weighted by Gasteiger charge is 2.36. The average molecular weight is 476 g/mol. The van der Waals surface area contributed by atoms with Gasteiger partial charge >= 0.3 is 0 Å². The van der Waals surface area contributed by atoms with E-state index in [9.17, 15) is 14.0 Å². The highest BCUT2D eigenvalue weighted by atomic mass is 32.1. The molecule has 172 valence electrons. The molecule has 2 amide bonds. The van der Waals surface area contributed by atoms with Crippen molar-refractivity contribution in [3.63, 3.8) is 0 Å². The molecule has 1 N–H and O–H groups in total. The molecule has 2 aromatic carbocycles. The molecule has 0 unspecified atom stereocenters. The van der Waals surface area contributed by atoms with E-state index < -0.39 is 5.92 Å². The lowest BCUT2D eigenvalue weighted by atomic mass is 10.1. The lowest BCUT2D eigenvalue weighted by Crippen LogP contribution is -2.29. The van der Waals surface area contributed by atoms with Crippen LogP contribution in [0.15, 0.2) is 60.0 Å². The number of para-hydroxylation sites is 1. The van der Waals surface area contributed by atoms with Crippen LogP contribution in [0.25, 0.3) is 16.4 Å². The molecule has 0 radical (unpaired) electrons. The number of thiazole rings is 1. The Labute approximate surface area is 199 Å². The van der Waals surface area contributed by atoms with Gasteiger partial charge in [0.2, 0.25) is 16.9 Å². The summed E-state index contributed by atoms with van der Waals surface area (Å²) in [6.07, 6.45) is 0.152. The third-order valence-electron chi connectivity index (χ3n) is 5.80. The van der Waals surface area contributed by atoms with Gasteiger partial charge in [0, 0.05) is 35.7 Å². The number of hydrogen-bond acceptors (Lipinski definition) is 5. The van der Waals surface area contributed by atoms with Gasteiger partial charge in [-0.15, -0.1) is 11.3 Å². The van der Waals surface area contributed by atoms with Crippen LogP contribution >= 0.6 is 11.3 Å². The summed E-state index contributed by atoms with van der Waals surface area (Å²) in [7, 11) is 0. The van der Waals surface area contributed by atoms with Crippen molar-refractivity contribution in [3.8, 4) is 16.4 Å². The van der Waals surface area contributed by atoms with Crippen molar-refractivity contribution in [2.24, 2.45) is 5.92 Å². The third-order valence-corrected chi connectivity index (χ3v) is 6.61. The minimum absolute atomic E-state index is 0.0667. The number of nitrogens with zero attached hydrogens (tertiary/aromatic N) is 4. The van der Waals surface area contributed by atoms with Crippen molar-refractivity contribution in [2.45, 2.75) is 20.3 Å². The first-order valence-electron chi connectivity index (χ1n) is 10.8. The van der Waals surface area contributed by atoms with Crippen LogP contribution < -0.4 is 10.2 Å². The summed E-state index contributed by atoms with van der Waals surface area (Å²) in [6.45, 7) is 4.11. The number of carbonyl (C=O) groups excluding carboxylic acids is 2. The van der Waals surface area contributed by atoms with E-state index in [0.717, 1.165) is 22.5 Å². The van der Waals surface area contributed by atoms with Crippen molar-refractivity contribution < 1.29 is 14.0 Å². The molecule has 1 saturated heterocycles. The standard InChI is InChI=1S/C25H22FN5O2S/c1-15-5-3-4-6-21(15)30-13-18(12-23(30)32)24(33)28-22-11-16(2)29-31(22)25-27-20(14-34-25)17-7-9-19(26)10-8-17/h3-11,14,18H,12-13H2,1-2H3,(H,28,33)/t18-/m1/s1. The maximum Gasteiger partial charge on any atom is 0.230 e. The second-order valence-electron chi connectivity index (χ2n) is 8.29. The van der Waals surface area contributed by atoms with E-state index in [1.165, 1.54) is 23.5 Å². The molecule has 1 aliphatic heterocycles. The molecular weight excluding hydrogens is 453 g/mol. The van der Waals surface area contributed by atoms with Crippen LogP contribution in [0.3, 0.4) is 0 Å². The van der Waals surface area contributed by atoms with Gasteiger partial charge in [-0.25, -0.2) is 9.37 Å². The van der Waals surface area contributed by atoms with Gasteiger partial charge in [0.25, 0.3) is 0 Å². The van der Waals surface area contributed by atoms with E-state index in [1.807, 2.05) is 43.5 Å². The molecule has 0 saturated carbocycles. The second-order valence-corrected chi connectivity index (χ2v) is 9.12. The lowest BCUT2D eigenvalue weighted by Gasteiger charge is -2.19. The predicted octanol–water partition coefficient (Wildman–Crippen LogP) is 4.74. The van der Waals surface area contributed by atoms with Gasteiger partial charge in [0.1, 0.15) is 11.6 Å². The van der Waals surface area contributed by atoms with Crippen molar-refractivity contribution in [2.75, 3.05) is 16.8 Å². The topological polar surface area (TPSA) is 80.1 Å². The zero-order valence-corrected chi connectivity index (χ0v) is 19.5. The Balaban J connectivity index is 1.35. The number of amides is 2. The van der Waals surface area contributed by atoms with Crippen molar-refractivity contribution in [1.82, 2.24) is 14.8 Å². The van der Waals surface area contributed by atoms with Crippen LogP contribution in [-0.2, 0) is 9.59 Å². The Morgan fingerprint density at radius 3 is 2.68 bits per heavy atom. The smallest absolute Gasteiger partial charge is 0.230 e. The summed E-state index contributed by atoms with van der Waals surface area (Å²) in [4.78, 5) is 32.0. The van der Waals surface area contributed by atoms with Crippen LogP contribution in [0.5, 0.6) is 0 Å². The molecule has 7 nitrogen and oxygen atoms in total. The SMILES string of the molecule is Cc1cc(NC(=O)[C@@H]2CC(=O)N(c3ccccc3C)C2)n(-c2nc(-c3ccc(F)cc3)cs2)n1. The molecular formula is C25H22FN5O2S. The van der Waals surface area contributed by atoms with Crippen LogP contribution in [0, 0.1) is 25.6 Å². The number of hydrogen-bond donors (Lipinski definition) is 1. The lowest BCUT2D eigenvalue weighted by molar-refractivity contribution is -0.122. The van der Waals surface area contributed by atoms with Crippen molar-refractivity contribution in [3.05, 3.63) is 77.1 Å². The van der Waals surface area contributed by atoms with Crippen LogP contribution in [0.2, 0.25) is 0 Å². The van der Waals surface area contributed by atoms with Gasteiger partial charge in [-0.2, -0.15) is 9.78 Å². The number of rotatable bonds is 5. The number of nitrogens with one attached hydrogen (secondary N) is 1. The molecule has 1 atom stereocenters. The highest BCUT2D eigenvalue weighted by molar-refractivity contribution is 7.12. The van der Waals surface area contributed by atoms with Gasteiger partial charge < -0.3 is 10.2 Å². The first kappa shape index (κ1) is 22.0. The third kappa shape index (κ3) is 4.22. The average Bonchev–Trinajstić information content (AvgIpc) is 3.53. The number of anilines is 2. The molecule has 0 aliphatic carbocycles. The molecule has 3 heterocycles. The quantitative estimate of drug-likeness (QED) is 0.452. The van der Waals surface area contributed by atoms with Crippen LogP contribution in [-0.4, -0.2) is 33.1 Å². The highest BCUT2D eigenvalue weighted by Crippen LogP contribution is 2.30. The molecule has 1 aliphatic rings. The molecule has 0 bridgehead atoms. The fourth-order valence-corrected chi connectivity index (χ4v) is 4.86. The number of carbonyl (C=O) groups is 2. The Kier molecular flexibility index (Phi) is 5.70. The minimum Gasteiger partial charge on any atom is -0.311 e. The molecule has 0 spiro atoms. The zero-order valence-electron chi connectivity index (χ0n) is 18.7. The maximum absolute atomic E-state index is 13.2. The van der Waals surface area contributed by atoms with E-state index in [2.05, 4.69) is 15.4 Å². The van der Waals surface area contributed by atoms with E-state index >= 15 is 0 Å². The van der Waals surface area contributed by atoms with E-state index in [1.54, 1.807) is 27.8 Å². The zero-order chi connectivity index (χ0) is 23.8. The molecule has 34 heavy (non-hydrogen) atoms. The van der Waals surface area contributed by atoms with Crippen LogP contribution in [0.4, 0.5) is 15.9 Å². The summed E-state index contributed by atoms with van der Waals surface area (Å²) >= 11 is 1.37. The number of halogens is 1. The van der Waals surface area contributed by atoms with Crippen molar-refractivity contribution >= 4 is 34.7 Å². The van der Waals surface area contributed by atoms with Crippen molar-refractivity contribution in [1.29, 1.82) is 0 Å².